The lowest BCUT2D eigenvalue weighted by molar-refractivity contribution is -0.138. The zero-order chi connectivity index (χ0) is 21.0. The molecular weight excluding hydrogens is 471 g/mol. The minimum atomic E-state index is -4.51. The summed E-state index contributed by atoms with van der Waals surface area (Å²) in [4.78, 5) is 20.3. The lowest BCUT2D eigenvalue weighted by atomic mass is 10.0. The van der Waals surface area contributed by atoms with Crippen molar-refractivity contribution in [2.75, 3.05) is 43.4 Å². The zero-order valence-electron chi connectivity index (χ0n) is 15.7. The average molecular weight is 492 g/mol. The molecule has 1 saturated heterocycles. The fraction of sp³-hybridized carbons (Fsp3) is 0.444. The maximum absolute atomic E-state index is 13.6. The van der Waals surface area contributed by atoms with E-state index in [9.17, 15) is 18.0 Å². The lowest BCUT2D eigenvalue weighted by Crippen LogP contribution is -2.45. The summed E-state index contributed by atoms with van der Waals surface area (Å²) >= 11 is 4.43. The molecule has 1 aliphatic heterocycles. The number of piperazine rings is 1. The molecule has 0 atom stereocenters. The third-order valence-electron chi connectivity index (χ3n) is 4.68. The number of aromatic nitrogens is 1. The van der Waals surface area contributed by atoms with Crippen LogP contribution in [0.3, 0.4) is 0 Å². The Labute approximate surface area is 179 Å². The summed E-state index contributed by atoms with van der Waals surface area (Å²) in [7, 11) is 0. The molecule has 0 bridgehead atoms. The Balaban J connectivity index is 1.69. The van der Waals surface area contributed by atoms with Crippen LogP contribution in [0.15, 0.2) is 28.2 Å². The Bertz CT molecular complexity index is 852. The fourth-order valence-corrected chi connectivity index (χ4v) is 4.23. The highest BCUT2D eigenvalue weighted by Crippen LogP contribution is 2.34. The van der Waals surface area contributed by atoms with E-state index in [1.165, 1.54) is 29.7 Å². The summed E-state index contributed by atoms with van der Waals surface area (Å²) in [6.45, 7) is 6.42. The third-order valence-corrected chi connectivity index (χ3v) is 6.07. The Kier molecular flexibility index (Phi) is 7.14. The monoisotopic (exact) mass is 491 g/mol. The van der Waals surface area contributed by atoms with Crippen molar-refractivity contribution in [2.45, 2.75) is 19.6 Å². The van der Waals surface area contributed by atoms with E-state index >= 15 is 0 Å². The number of nitrogens with one attached hydrogen (secondary N) is 2. The maximum atomic E-state index is 13.6. The molecule has 0 radical (unpaired) electrons. The standard InChI is InChI=1S/C18H21BrF3N5OS/c1-2-26-5-7-27(8-6-26)11-12-3-4-13(9-14(12)18(20,21)22)24-16(28)25-17-23-10-15(19)29-17/h3-4,9-10H,2,5-8,11H2,1H3,(H2,23,24,25,28). The van der Waals surface area contributed by atoms with Gasteiger partial charge in [0.05, 0.1) is 15.5 Å². The van der Waals surface area contributed by atoms with Crippen LogP contribution in [0.2, 0.25) is 0 Å². The van der Waals surface area contributed by atoms with E-state index in [4.69, 9.17) is 0 Å². The molecule has 0 aliphatic carbocycles. The number of hydrogen-bond acceptors (Lipinski definition) is 5. The van der Waals surface area contributed by atoms with Gasteiger partial charge in [-0.05, 0) is 40.2 Å². The molecule has 11 heteroatoms. The van der Waals surface area contributed by atoms with Gasteiger partial charge in [0.25, 0.3) is 0 Å². The molecule has 1 fully saturated rings. The SMILES string of the molecule is CCN1CCN(Cc2ccc(NC(=O)Nc3ncc(Br)s3)cc2C(F)(F)F)CC1. The van der Waals surface area contributed by atoms with E-state index in [-0.39, 0.29) is 17.8 Å². The summed E-state index contributed by atoms with van der Waals surface area (Å²) in [5.41, 5.74) is -0.451. The molecule has 2 heterocycles. The fourth-order valence-electron chi connectivity index (χ4n) is 3.13. The van der Waals surface area contributed by atoms with Gasteiger partial charge in [-0.1, -0.05) is 24.3 Å². The number of benzene rings is 1. The van der Waals surface area contributed by atoms with Crippen molar-refractivity contribution in [3.05, 3.63) is 39.3 Å². The largest absolute Gasteiger partial charge is 0.416 e. The smallest absolute Gasteiger partial charge is 0.308 e. The number of urea groups is 1. The normalized spacial score (nSPS) is 16.0. The number of carbonyl (C=O) groups excluding carboxylic acids is 1. The van der Waals surface area contributed by atoms with Crippen LogP contribution in [-0.2, 0) is 12.7 Å². The Morgan fingerprint density at radius 2 is 1.90 bits per heavy atom. The molecule has 0 spiro atoms. The number of alkyl halides is 3. The lowest BCUT2D eigenvalue weighted by Gasteiger charge is -2.34. The second-order valence-electron chi connectivity index (χ2n) is 6.63. The number of halogens is 4. The van der Waals surface area contributed by atoms with Crippen molar-refractivity contribution in [3.63, 3.8) is 0 Å². The van der Waals surface area contributed by atoms with Gasteiger partial charge in [0.2, 0.25) is 0 Å². The topological polar surface area (TPSA) is 60.5 Å². The first-order valence-corrected chi connectivity index (χ1v) is 10.7. The summed E-state index contributed by atoms with van der Waals surface area (Å²) in [5.74, 6) is 0. The summed E-state index contributed by atoms with van der Waals surface area (Å²) in [5, 5.41) is 5.27. The van der Waals surface area contributed by atoms with E-state index < -0.39 is 17.8 Å². The van der Waals surface area contributed by atoms with Crippen molar-refractivity contribution in [1.29, 1.82) is 0 Å². The molecule has 158 valence electrons. The van der Waals surface area contributed by atoms with Gasteiger partial charge in [0.1, 0.15) is 0 Å². The average Bonchev–Trinajstić information content (AvgIpc) is 3.07. The predicted molar refractivity (Wildman–Crippen MR) is 111 cm³/mol. The molecule has 0 saturated carbocycles. The van der Waals surface area contributed by atoms with Crippen molar-refractivity contribution < 1.29 is 18.0 Å². The molecule has 3 rings (SSSR count). The van der Waals surface area contributed by atoms with Crippen LogP contribution in [-0.4, -0.2) is 53.5 Å². The summed E-state index contributed by atoms with van der Waals surface area (Å²) in [6.07, 6.45) is -2.98. The van der Waals surface area contributed by atoms with E-state index in [1.54, 1.807) is 0 Å². The number of hydrogen-bond donors (Lipinski definition) is 2. The number of anilines is 2. The van der Waals surface area contributed by atoms with Crippen molar-refractivity contribution in [3.8, 4) is 0 Å². The quantitative estimate of drug-likeness (QED) is 0.635. The number of likely N-dealkylation sites (N-methyl/N-ethyl adjacent to an activating group) is 1. The summed E-state index contributed by atoms with van der Waals surface area (Å²) in [6, 6.07) is 3.26. The molecule has 1 aromatic carbocycles. The molecule has 2 aromatic rings. The van der Waals surface area contributed by atoms with Gasteiger partial charge >= 0.3 is 12.2 Å². The predicted octanol–water partition coefficient (Wildman–Crippen LogP) is 4.71. The molecule has 2 amide bonds. The van der Waals surface area contributed by atoms with Gasteiger partial charge in [0.15, 0.2) is 5.13 Å². The zero-order valence-corrected chi connectivity index (χ0v) is 18.1. The van der Waals surface area contributed by atoms with Crippen LogP contribution in [0.5, 0.6) is 0 Å². The molecule has 0 unspecified atom stereocenters. The van der Waals surface area contributed by atoms with Gasteiger partial charge in [0, 0.05) is 38.4 Å². The Hall–Kier alpha value is -1.69. The third kappa shape index (κ3) is 6.14. The summed E-state index contributed by atoms with van der Waals surface area (Å²) < 4.78 is 41.6. The highest BCUT2D eigenvalue weighted by Gasteiger charge is 2.34. The van der Waals surface area contributed by atoms with Gasteiger partial charge in [-0.15, -0.1) is 0 Å². The minimum Gasteiger partial charge on any atom is -0.308 e. The highest BCUT2D eigenvalue weighted by atomic mass is 79.9. The minimum absolute atomic E-state index is 0.0741. The van der Waals surface area contributed by atoms with Crippen LogP contribution in [0.4, 0.5) is 28.8 Å². The van der Waals surface area contributed by atoms with Gasteiger partial charge in [-0.3, -0.25) is 10.2 Å². The van der Waals surface area contributed by atoms with Crippen LogP contribution < -0.4 is 10.6 Å². The van der Waals surface area contributed by atoms with E-state index in [1.807, 2.05) is 4.90 Å². The first-order valence-electron chi connectivity index (χ1n) is 9.08. The molecule has 29 heavy (non-hydrogen) atoms. The number of rotatable bonds is 5. The van der Waals surface area contributed by atoms with Crippen LogP contribution in [0.25, 0.3) is 0 Å². The molecule has 6 nitrogen and oxygen atoms in total. The maximum Gasteiger partial charge on any atom is 0.416 e. The molecule has 1 aromatic heterocycles. The van der Waals surface area contributed by atoms with Crippen molar-refractivity contribution in [2.24, 2.45) is 0 Å². The van der Waals surface area contributed by atoms with Gasteiger partial charge in [-0.2, -0.15) is 13.2 Å². The second kappa shape index (κ2) is 9.41. The molecule has 1 aliphatic rings. The van der Waals surface area contributed by atoms with E-state index in [2.05, 4.69) is 43.4 Å². The van der Waals surface area contributed by atoms with Crippen molar-refractivity contribution in [1.82, 2.24) is 14.8 Å². The number of nitrogens with zero attached hydrogens (tertiary/aromatic N) is 3. The number of carbonyl (C=O) groups is 1. The van der Waals surface area contributed by atoms with E-state index in [0.717, 1.165) is 42.6 Å². The first kappa shape index (κ1) is 22.0. The Morgan fingerprint density at radius 3 is 2.48 bits per heavy atom. The van der Waals surface area contributed by atoms with Crippen molar-refractivity contribution >= 4 is 44.1 Å². The Morgan fingerprint density at radius 1 is 1.21 bits per heavy atom. The molecular formula is C18H21BrF3N5OS. The van der Waals surface area contributed by atoms with Crippen LogP contribution in [0, 0.1) is 0 Å². The van der Waals surface area contributed by atoms with Gasteiger partial charge in [-0.25, -0.2) is 9.78 Å². The first-order chi connectivity index (χ1) is 13.7. The van der Waals surface area contributed by atoms with Gasteiger partial charge < -0.3 is 10.2 Å². The van der Waals surface area contributed by atoms with E-state index in [0.29, 0.717) is 5.13 Å². The van der Waals surface area contributed by atoms with Crippen LogP contribution in [0.1, 0.15) is 18.1 Å². The van der Waals surface area contributed by atoms with Crippen LogP contribution >= 0.6 is 27.3 Å². The number of amides is 2. The highest BCUT2D eigenvalue weighted by molar-refractivity contribution is 9.11. The number of thiazole rings is 1. The second-order valence-corrected chi connectivity index (χ2v) is 9.04. The molecule has 2 N–H and O–H groups in total.